The van der Waals surface area contributed by atoms with Gasteiger partial charge in [-0.3, -0.25) is 4.90 Å². The van der Waals surface area contributed by atoms with Crippen molar-refractivity contribution in [3.8, 4) is 0 Å². The molecule has 0 saturated carbocycles. The quantitative estimate of drug-likeness (QED) is 0.657. The van der Waals surface area contributed by atoms with E-state index in [1.165, 1.54) is 0 Å². The van der Waals surface area contributed by atoms with Crippen LogP contribution in [0.15, 0.2) is 0 Å². The summed E-state index contributed by atoms with van der Waals surface area (Å²) in [6.45, 7) is 10.0. The predicted octanol–water partition coefficient (Wildman–Crippen LogP) is 0.444. The zero-order chi connectivity index (χ0) is 9.19. The minimum atomic E-state index is 0.123. The molecule has 72 valence electrons. The highest BCUT2D eigenvalue weighted by Gasteiger charge is 2.28. The fourth-order valence-electron chi connectivity index (χ4n) is 1.50. The molecule has 0 amide bonds. The third-order valence-electron chi connectivity index (χ3n) is 2.60. The molecule has 3 heteroatoms. The summed E-state index contributed by atoms with van der Waals surface area (Å²) in [5, 5.41) is 0. The highest BCUT2D eigenvalue weighted by molar-refractivity contribution is 4.85. The molecule has 0 aromatic heterocycles. The van der Waals surface area contributed by atoms with E-state index in [1.54, 1.807) is 0 Å². The van der Waals surface area contributed by atoms with Gasteiger partial charge in [-0.1, -0.05) is 0 Å². The molecule has 0 spiro atoms. The van der Waals surface area contributed by atoms with Crippen molar-refractivity contribution in [2.75, 3.05) is 26.2 Å². The first kappa shape index (κ1) is 9.96. The molecule has 0 aliphatic carbocycles. The second-order valence-corrected chi connectivity index (χ2v) is 4.14. The SMILES string of the molecule is CC1CN(C(C)(C)CN)CCO1. The summed E-state index contributed by atoms with van der Waals surface area (Å²) in [6, 6.07) is 0. The molecule has 0 aromatic carbocycles. The zero-order valence-corrected chi connectivity index (χ0v) is 8.34. The Hall–Kier alpha value is -0.120. The maximum absolute atomic E-state index is 5.70. The molecular formula is C9H20N2O. The van der Waals surface area contributed by atoms with Crippen LogP contribution in [-0.2, 0) is 4.74 Å². The van der Waals surface area contributed by atoms with Crippen molar-refractivity contribution in [2.45, 2.75) is 32.4 Å². The number of morpholine rings is 1. The molecule has 2 N–H and O–H groups in total. The van der Waals surface area contributed by atoms with Gasteiger partial charge in [-0.25, -0.2) is 0 Å². The first-order valence-corrected chi connectivity index (χ1v) is 4.63. The van der Waals surface area contributed by atoms with Gasteiger partial charge in [0, 0.05) is 25.2 Å². The highest BCUT2D eigenvalue weighted by Crippen LogP contribution is 2.16. The first-order valence-electron chi connectivity index (χ1n) is 4.63. The molecular weight excluding hydrogens is 152 g/mol. The van der Waals surface area contributed by atoms with E-state index in [0.29, 0.717) is 12.6 Å². The molecule has 1 saturated heterocycles. The Bertz CT molecular complexity index is 147. The van der Waals surface area contributed by atoms with Crippen LogP contribution in [0.1, 0.15) is 20.8 Å². The number of nitrogens with zero attached hydrogens (tertiary/aromatic N) is 1. The van der Waals surface area contributed by atoms with Crippen LogP contribution >= 0.6 is 0 Å². The smallest absolute Gasteiger partial charge is 0.0674 e. The van der Waals surface area contributed by atoms with Gasteiger partial charge in [-0.05, 0) is 20.8 Å². The fourth-order valence-corrected chi connectivity index (χ4v) is 1.50. The number of hydrogen-bond donors (Lipinski definition) is 1. The molecule has 12 heavy (non-hydrogen) atoms. The molecule has 1 aliphatic heterocycles. The summed E-state index contributed by atoms with van der Waals surface area (Å²) in [5.41, 5.74) is 5.82. The normalized spacial score (nSPS) is 27.5. The van der Waals surface area contributed by atoms with Crippen LogP contribution in [0.4, 0.5) is 0 Å². The van der Waals surface area contributed by atoms with Crippen molar-refractivity contribution < 1.29 is 4.74 Å². The van der Waals surface area contributed by atoms with Crippen molar-refractivity contribution in [2.24, 2.45) is 5.73 Å². The lowest BCUT2D eigenvalue weighted by Gasteiger charge is -2.42. The van der Waals surface area contributed by atoms with Gasteiger partial charge in [0.1, 0.15) is 0 Å². The molecule has 3 nitrogen and oxygen atoms in total. The van der Waals surface area contributed by atoms with Gasteiger partial charge in [-0.2, -0.15) is 0 Å². The van der Waals surface area contributed by atoms with Gasteiger partial charge >= 0.3 is 0 Å². The molecule has 0 bridgehead atoms. The van der Waals surface area contributed by atoms with E-state index in [4.69, 9.17) is 10.5 Å². The van der Waals surface area contributed by atoms with E-state index in [0.717, 1.165) is 19.7 Å². The van der Waals surface area contributed by atoms with E-state index in [1.807, 2.05) is 0 Å². The van der Waals surface area contributed by atoms with Crippen LogP contribution in [0.3, 0.4) is 0 Å². The number of rotatable bonds is 2. The summed E-state index contributed by atoms with van der Waals surface area (Å²) < 4.78 is 5.47. The third-order valence-corrected chi connectivity index (χ3v) is 2.60. The van der Waals surface area contributed by atoms with Gasteiger partial charge in [-0.15, -0.1) is 0 Å². The van der Waals surface area contributed by atoms with Gasteiger partial charge in [0.2, 0.25) is 0 Å². The second kappa shape index (κ2) is 3.73. The second-order valence-electron chi connectivity index (χ2n) is 4.14. The van der Waals surface area contributed by atoms with E-state index < -0.39 is 0 Å². The molecule has 1 rings (SSSR count). The van der Waals surface area contributed by atoms with Gasteiger partial charge < -0.3 is 10.5 Å². The average Bonchev–Trinajstić information content (AvgIpc) is 2.05. The molecule has 1 unspecified atom stereocenters. The number of hydrogen-bond acceptors (Lipinski definition) is 3. The highest BCUT2D eigenvalue weighted by atomic mass is 16.5. The van der Waals surface area contributed by atoms with E-state index in [-0.39, 0.29) is 5.54 Å². The summed E-state index contributed by atoms with van der Waals surface area (Å²) >= 11 is 0. The Kier molecular flexibility index (Phi) is 3.09. The van der Waals surface area contributed by atoms with Crippen LogP contribution < -0.4 is 5.73 Å². The van der Waals surface area contributed by atoms with Crippen LogP contribution in [-0.4, -0.2) is 42.8 Å². The zero-order valence-electron chi connectivity index (χ0n) is 8.34. The molecule has 1 fully saturated rings. The predicted molar refractivity (Wildman–Crippen MR) is 50.1 cm³/mol. The monoisotopic (exact) mass is 172 g/mol. The Morgan fingerprint density at radius 3 is 2.75 bits per heavy atom. The van der Waals surface area contributed by atoms with Crippen molar-refractivity contribution >= 4 is 0 Å². The lowest BCUT2D eigenvalue weighted by Crippen LogP contribution is -2.55. The lowest BCUT2D eigenvalue weighted by atomic mass is 10.0. The van der Waals surface area contributed by atoms with Gasteiger partial charge in [0.15, 0.2) is 0 Å². The van der Waals surface area contributed by atoms with E-state index in [2.05, 4.69) is 25.7 Å². The van der Waals surface area contributed by atoms with Gasteiger partial charge in [0.25, 0.3) is 0 Å². The van der Waals surface area contributed by atoms with E-state index >= 15 is 0 Å². The van der Waals surface area contributed by atoms with E-state index in [9.17, 15) is 0 Å². The molecule has 1 heterocycles. The lowest BCUT2D eigenvalue weighted by molar-refractivity contribution is -0.0515. The molecule has 1 atom stereocenters. The molecule has 0 radical (unpaired) electrons. The van der Waals surface area contributed by atoms with Gasteiger partial charge in [0.05, 0.1) is 12.7 Å². The molecule has 0 aromatic rings. The first-order chi connectivity index (χ1) is 5.56. The average molecular weight is 172 g/mol. The maximum Gasteiger partial charge on any atom is 0.0674 e. The van der Waals surface area contributed by atoms with Crippen LogP contribution in [0.25, 0.3) is 0 Å². The van der Waals surface area contributed by atoms with Crippen molar-refractivity contribution in [3.05, 3.63) is 0 Å². The summed E-state index contributed by atoms with van der Waals surface area (Å²) in [4.78, 5) is 2.40. The Labute approximate surface area is 74.9 Å². The number of ether oxygens (including phenoxy) is 1. The van der Waals surface area contributed by atoms with Crippen molar-refractivity contribution in [1.82, 2.24) is 4.90 Å². The topological polar surface area (TPSA) is 38.5 Å². The maximum atomic E-state index is 5.70. The minimum Gasteiger partial charge on any atom is -0.376 e. The Morgan fingerprint density at radius 2 is 2.25 bits per heavy atom. The van der Waals surface area contributed by atoms with Crippen molar-refractivity contribution in [3.63, 3.8) is 0 Å². The molecule has 1 aliphatic rings. The Balaban J connectivity index is 2.50. The Morgan fingerprint density at radius 1 is 1.58 bits per heavy atom. The fraction of sp³-hybridized carbons (Fsp3) is 1.00. The van der Waals surface area contributed by atoms with Crippen LogP contribution in [0, 0.1) is 0 Å². The summed E-state index contributed by atoms with van der Waals surface area (Å²) in [5.74, 6) is 0. The minimum absolute atomic E-state index is 0.123. The summed E-state index contributed by atoms with van der Waals surface area (Å²) in [7, 11) is 0. The standard InChI is InChI=1S/C9H20N2O/c1-8-6-11(4-5-12-8)9(2,3)7-10/h8H,4-7,10H2,1-3H3. The summed E-state index contributed by atoms with van der Waals surface area (Å²) in [6.07, 6.45) is 0.351. The van der Waals surface area contributed by atoms with Crippen molar-refractivity contribution in [1.29, 1.82) is 0 Å². The van der Waals surface area contributed by atoms with Crippen LogP contribution in [0.2, 0.25) is 0 Å². The number of nitrogens with two attached hydrogens (primary N) is 1. The third kappa shape index (κ3) is 2.19. The largest absolute Gasteiger partial charge is 0.376 e. The van der Waals surface area contributed by atoms with Crippen LogP contribution in [0.5, 0.6) is 0 Å².